The first kappa shape index (κ1) is 17.1. The summed E-state index contributed by atoms with van der Waals surface area (Å²) in [5.41, 5.74) is 1.94. The van der Waals surface area contributed by atoms with Gasteiger partial charge in [0, 0.05) is 13.6 Å². The molecule has 2 aromatic rings. The van der Waals surface area contributed by atoms with E-state index in [0.29, 0.717) is 29.8 Å². The Hall–Kier alpha value is -1.22. The fourth-order valence-electron chi connectivity index (χ4n) is 2.37. The summed E-state index contributed by atoms with van der Waals surface area (Å²) in [6.45, 7) is 3.72. The molecule has 0 radical (unpaired) electrons. The molecule has 0 aliphatic carbocycles. The van der Waals surface area contributed by atoms with E-state index in [-0.39, 0.29) is 11.4 Å². The minimum atomic E-state index is -3.70. The smallest absolute Gasteiger partial charge is 0.244 e. The minimum Gasteiger partial charge on any atom is -0.387 e. The second-order valence-corrected chi connectivity index (χ2v) is 7.46. The highest BCUT2D eigenvalue weighted by atomic mass is 32.2. The molecule has 0 aromatic carbocycles. The molecule has 2 N–H and O–H groups in total. The van der Waals surface area contributed by atoms with Gasteiger partial charge >= 0.3 is 0 Å². The molecule has 0 bridgehead atoms. The normalized spacial score (nSPS) is 13.5. The van der Waals surface area contributed by atoms with Crippen LogP contribution in [-0.2, 0) is 29.9 Å². The van der Waals surface area contributed by atoms with Gasteiger partial charge in [-0.15, -0.1) is 0 Å². The molecule has 0 spiro atoms. The van der Waals surface area contributed by atoms with Crippen molar-refractivity contribution in [1.82, 2.24) is 14.5 Å². The maximum absolute atomic E-state index is 12.6. The van der Waals surface area contributed by atoms with Crippen molar-refractivity contribution in [2.45, 2.75) is 37.7 Å². The van der Waals surface area contributed by atoms with E-state index in [0.717, 1.165) is 0 Å². The zero-order valence-electron chi connectivity index (χ0n) is 12.9. The van der Waals surface area contributed by atoms with E-state index >= 15 is 0 Å². The third kappa shape index (κ3) is 3.40. The molecule has 0 fully saturated rings. The van der Waals surface area contributed by atoms with E-state index in [1.54, 1.807) is 23.2 Å². The van der Waals surface area contributed by atoms with Gasteiger partial charge in [-0.2, -0.15) is 16.4 Å². The topological polar surface area (TPSA) is 84.2 Å². The standard InChI is InChI=1S/C14H21N3O3S2/c1-4-11-14(12(5-2)17(3)16-11)22(19,20)15-8-13(18)10-6-7-21-9-10/h6-7,9,13,15,18H,4-5,8H2,1-3H3. The Labute approximate surface area is 134 Å². The Kier molecular flexibility index (Phi) is 5.38. The number of aliphatic hydroxyl groups excluding tert-OH is 1. The van der Waals surface area contributed by atoms with E-state index < -0.39 is 16.1 Å². The third-order valence-corrected chi connectivity index (χ3v) is 5.78. The van der Waals surface area contributed by atoms with Crippen LogP contribution in [0.3, 0.4) is 0 Å². The van der Waals surface area contributed by atoms with Gasteiger partial charge in [-0.3, -0.25) is 4.68 Å². The monoisotopic (exact) mass is 343 g/mol. The van der Waals surface area contributed by atoms with Crippen molar-refractivity contribution in [3.63, 3.8) is 0 Å². The lowest BCUT2D eigenvalue weighted by Gasteiger charge is -2.12. The number of hydrogen-bond acceptors (Lipinski definition) is 5. The maximum atomic E-state index is 12.6. The number of aryl methyl sites for hydroxylation is 2. The second-order valence-electron chi connectivity index (χ2n) is 4.98. The quantitative estimate of drug-likeness (QED) is 0.800. The molecule has 6 nitrogen and oxygen atoms in total. The van der Waals surface area contributed by atoms with Crippen LogP contribution in [-0.4, -0.2) is 29.8 Å². The van der Waals surface area contributed by atoms with Gasteiger partial charge in [0.25, 0.3) is 0 Å². The number of nitrogens with one attached hydrogen (secondary N) is 1. The first-order valence-corrected chi connectivity index (χ1v) is 9.57. The molecule has 22 heavy (non-hydrogen) atoms. The van der Waals surface area contributed by atoms with E-state index in [4.69, 9.17) is 0 Å². The van der Waals surface area contributed by atoms with Gasteiger partial charge < -0.3 is 5.11 Å². The fraction of sp³-hybridized carbons (Fsp3) is 0.500. The van der Waals surface area contributed by atoms with E-state index in [9.17, 15) is 13.5 Å². The van der Waals surface area contributed by atoms with Crippen molar-refractivity contribution < 1.29 is 13.5 Å². The Morgan fingerprint density at radius 1 is 1.41 bits per heavy atom. The molecule has 0 aliphatic rings. The largest absolute Gasteiger partial charge is 0.387 e. The molecule has 0 aliphatic heterocycles. The van der Waals surface area contributed by atoms with Gasteiger partial charge in [0.1, 0.15) is 4.90 Å². The molecule has 122 valence electrons. The SMILES string of the molecule is CCc1nn(C)c(CC)c1S(=O)(=O)NCC(O)c1ccsc1. The zero-order valence-corrected chi connectivity index (χ0v) is 14.5. The molecule has 2 rings (SSSR count). The lowest BCUT2D eigenvalue weighted by molar-refractivity contribution is 0.182. The summed E-state index contributed by atoms with van der Waals surface area (Å²) in [5.74, 6) is 0. The van der Waals surface area contributed by atoms with Crippen LogP contribution < -0.4 is 4.72 Å². The highest BCUT2D eigenvalue weighted by Crippen LogP contribution is 2.22. The first-order chi connectivity index (χ1) is 10.4. The van der Waals surface area contributed by atoms with Gasteiger partial charge in [0.05, 0.1) is 17.5 Å². The number of thiophene rings is 1. The lowest BCUT2D eigenvalue weighted by atomic mass is 10.2. The van der Waals surface area contributed by atoms with Crippen molar-refractivity contribution >= 4 is 21.4 Å². The van der Waals surface area contributed by atoms with Crippen LogP contribution in [0.5, 0.6) is 0 Å². The average molecular weight is 343 g/mol. The molecule has 1 unspecified atom stereocenters. The highest BCUT2D eigenvalue weighted by molar-refractivity contribution is 7.89. The Morgan fingerprint density at radius 2 is 2.14 bits per heavy atom. The summed E-state index contributed by atoms with van der Waals surface area (Å²) >= 11 is 1.46. The average Bonchev–Trinajstić information content (AvgIpc) is 3.11. The number of aromatic nitrogens is 2. The summed E-state index contributed by atoms with van der Waals surface area (Å²) in [5, 5.41) is 18.0. The van der Waals surface area contributed by atoms with E-state index in [1.807, 2.05) is 19.2 Å². The zero-order chi connectivity index (χ0) is 16.3. The van der Waals surface area contributed by atoms with Crippen molar-refractivity contribution in [3.8, 4) is 0 Å². The summed E-state index contributed by atoms with van der Waals surface area (Å²) < 4.78 is 29.3. The lowest BCUT2D eigenvalue weighted by Crippen LogP contribution is -2.29. The number of rotatable bonds is 7. The molecule has 0 saturated carbocycles. The third-order valence-electron chi connectivity index (χ3n) is 3.52. The van der Waals surface area contributed by atoms with Crippen molar-refractivity contribution in [2.75, 3.05) is 6.54 Å². The van der Waals surface area contributed by atoms with Crippen molar-refractivity contribution in [2.24, 2.45) is 7.05 Å². The second kappa shape index (κ2) is 6.91. The van der Waals surface area contributed by atoms with Crippen molar-refractivity contribution in [3.05, 3.63) is 33.8 Å². The molecular weight excluding hydrogens is 322 g/mol. The Balaban J connectivity index is 2.24. The number of nitrogens with zero attached hydrogens (tertiary/aromatic N) is 2. The Morgan fingerprint density at radius 3 is 2.68 bits per heavy atom. The van der Waals surface area contributed by atoms with E-state index in [2.05, 4.69) is 9.82 Å². The highest BCUT2D eigenvalue weighted by Gasteiger charge is 2.26. The van der Waals surface area contributed by atoms with Crippen molar-refractivity contribution in [1.29, 1.82) is 0 Å². The van der Waals surface area contributed by atoms with Gasteiger partial charge in [0.15, 0.2) is 0 Å². The molecule has 0 saturated heterocycles. The van der Waals surface area contributed by atoms with Crippen LogP contribution in [0.4, 0.5) is 0 Å². The number of sulfonamides is 1. The summed E-state index contributed by atoms with van der Waals surface area (Å²) in [6, 6.07) is 1.78. The molecule has 2 aromatic heterocycles. The van der Waals surface area contributed by atoms with Gasteiger partial charge in [-0.25, -0.2) is 13.1 Å². The van der Waals surface area contributed by atoms with Crippen LogP contribution in [0, 0.1) is 0 Å². The molecule has 2 heterocycles. The van der Waals surface area contributed by atoms with E-state index in [1.165, 1.54) is 11.3 Å². The predicted molar refractivity (Wildman–Crippen MR) is 86.4 cm³/mol. The molecular formula is C14H21N3O3S2. The van der Waals surface area contributed by atoms with Crippen LogP contribution in [0.25, 0.3) is 0 Å². The maximum Gasteiger partial charge on any atom is 0.244 e. The minimum absolute atomic E-state index is 0.0553. The predicted octanol–water partition coefficient (Wildman–Crippen LogP) is 1.62. The van der Waals surface area contributed by atoms with Gasteiger partial charge in [-0.1, -0.05) is 13.8 Å². The number of aliphatic hydroxyl groups is 1. The van der Waals surface area contributed by atoms with Crippen LogP contribution in [0.2, 0.25) is 0 Å². The van der Waals surface area contributed by atoms with Gasteiger partial charge in [-0.05, 0) is 35.2 Å². The summed E-state index contributed by atoms with van der Waals surface area (Å²) in [6.07, 6.45) is 0.261. The molecule has 8 heteroatoms. The van der Waals surface area contributed by atoms with Gasteiger partial charge in [0.2, 0.25) is 10.0 Å². The van der Waals surface area contributed by atoms with Crippen LogP contribution in [0.15, 0.2) is 21.7 Å². The van der Waals surface area contributed by atoms with Crippen LogP contribution >= 0.6 is 11.3 Å². The first-order valence-electron chi connectivity index (χ1n) is 7.15. The summed E-state index contributed by atoms with van der Waals surface area (Å²) in [7, 11) is -1.95. The summed E-state index contributed by atoms with van der Waals surface area (Å²) in [4.78, 5) is 0.248. The number of hydrogen-bond donors (Lipinski definition) is 2. The molecule has 1 atom stereocenters. The molecule has 0 amide bonds. The van der Waals surface area contributed by atoms with Crippen LogP contribution in [0.1, 0.15) is 36.9 Å². The Bertz CT molecular complexity index is 721. The fourth-order valence-corrected chi connectivity index (χ4v) is 4.69.